The van der Waals surface area contributed by atoms with Crippen LogP contribution in [0.5, 0.6) is 0 Å². The number of anilines is 2. The van der Waals surface area contributed by atoms with Crippen molar-refractivity contribution < 1.29 is 9.59 Å². The Hall–Kier alpha value is -3.47. The number of carbonyl (C=O) groups excluding carboxylic acids is 2. The highest BCUT2D eigenvalue weighted by molar-refractivity contribution is 6.05. The quantitative estimate of drug-likeness (QED) is 0.448. The normalized spacial score (nSPS) is 10.3. The number of pyridine rings is 1. The number of ketones is 1. The van der Waals surface area contributed by atoms with Crippen LogP contribution in [0.2, 0.25) is 0 Å². The van der Waals surface area contributed by atoms with Gasteiger partial charge < -0.3 is 10.6 Å². The Morgan fingerprint density at radius 2 is 1.68 bits per heavy atom. The summed E-state index contributed by atoms with van der Waals surface area (Å²) in [4.78, 5) is 28.1. The van der Waals surface area contributed by atoms with E-state index in [1.54, 1.807) is 36.5 Å². The van der Waals surface area contributed by atoms with Crippen LogP contribution in [0.15, 0.2) is 73.1 Å². The molecule has 0 saturated heterocycles. The molecule has 0 unspecified atom stereocenters. The number of amides is 1. The molecule has 2 N–H and O–H groups in total. The molecule has 3 rings (SSSR count). The lowest BCUT2D eigenvalue weighted by Gasteiger charge is -2.09. The van der Waals surface area contributed by atoms with Gasteiger partial charge in [0.1, 0.15) is 0 Å². The second-order valence-corrected chi connectivity index (χ2v) is 6.57. The summed E-state index contributed by atoms with van der Waals surface area (Å²) in [6.45, 7) is 2.29. The molecule has 28 heavy (non-hydrogen) atoms. The Morgan fingerprint density at radius 3 is 2.46 bits per heavy atom. The molecule has 142 valence electrons. The molecule has 0 atom stereocenters. The fourth-order valence-corrected chi connectivity index (χ4v) is 2.85. The molecule has 1 aromatic heterocycles. The third-order valence-corrected chi connectivity index (χ3v) is 4.34. The van der Waals surface area contributed by atoms with Crippen molar-refractivity contribution in [2.75, 3.05) is 17.2 Å². The maximum Gasteiger partial charge on any atom is 0.257 e. The molecule has 0 fully saturated rings. The van der Waals surface area contributed by atoms with Crippen molar-refractivity contribution >= 4 is 23.1 Å². The number of Topliss-reactive ketones (excluding diaryl/α,β-unsaturated/α-hetero) is 1. The maximum absolute atomic E-state index is 12.5. The average Bonchev–Trinajstić information content (AvgIpc) is 2.72. The number of nitrogens with zero attached hydrogens (tertiary/aromatic N) is 1. The van der Waals surface area contributed by atoms with Gasteiger partial charge in [0.25, 0.3) is 5.91 Å². The molecule has 0 radical (unpaired) electrons. The van der Waals surface area contributed by atoms with Gasteiger partial charge in [0.2, 0.25) is 0 Å². The van der Waals surface area contributed by atoms with Gasteiger partial charge in [-0.05, 0) is 43.5 Å². The van der Waals surface area contributed by atoms with E-state index in [9.17, 15) is 9.59 Å². The average molecular weight is 373 g/mol. The van der Waals surface area contributed by atoms with Crippen molar-refractivity contribution in [1.29, 1.82) is 0 Å². The van der Waals surface area contributed by atoms with Crippen molar-refractivity contribution in [2.45, 2.75) is 19.8 Å². The topological polar surface area (TPSA) is 71.1 Å². The molecule has 0 spiro atoms. The third-order valence-electron chi connectivity index (χ3n) is 4.34. The highest BCUT2D eigenvalue weighted by Gasteiger charge is 2.09. The standard InChI is InChI=1S/C23H23N3O2/c1-17(27)19-10-5-11-21(13-19)26-23(28)20-14-22(16-24-15-20)25-12-6-9-18-7-3-2-4-8-18/h2-5,7-8,10-11,13-16,25H,6,9,12H2,1H3,(H,26,28). The molecule has 0 saturated carbocycles. The van der Waals surface area contributed by atoms with Crippen LogP contribution in [-0.2, 0) is 6.42 Å². The zero-order valence-corrected chi connectivity index (χ0v) is 15.8. The Labute approximate surface area is 164 Å². The summed E-state index contributed by atoms with van der Waals surface area (Å²) in [5.41, 5.74) is 3.71. The second-order valence-electron chi connectivity index (χ2n) is 6.57. The van der Waals surface area contributed by atoms with Gasteiger partial charge in [0.05, 0.1) is 11.3 Å². The molecule has 1 amide bonds. The largest absolute Gasteiger partial charge is 0.384 e. The zero-order valence-electron chi connectivity index (χ0n) is 15.8. The summed E-state index contributed by atoms with van der Waals surface area (Å²) < 4.78 is 0. The van der Waals surface area contributed by atoms with E-state index < -0.39 is 0 Å². The maximum atomic E-state index is 12.5. The van der Waals surface area contributed by atoms with Crippen molar-refractivity contribution in [3.8, 4) is 0 Å². The van der Waals surface area contributed by atoms with E-state index in [4.69, 9.17) is 0 Å². The fourth-order valence-electron chi connectivity index (χ4n) is 2.85. The van der Waals surface area contributed by atoms with Gasteiger partial charge in [0, 0.05) is 30.2 Å². The Balaban J connectivity index is 1.55. The first kappa shape index (κ1) is 19.3. The van der Waals surface area contributed by atoms with Crippen molar-refractivity contribution in [2.24, 2.45) is 0 Å². The fraction of sp³-hybridized carbons (Fsp3) is 0.174. The molecular formula is C23H23N3O2. The predicted octanol–water partition coefficient (Wildman–Crippen LogP) is 4.58. The molecule has 2 aromatic carbocycles. The Kier molecular flexibility index (Phi) is 6.52. The molecule has 0 aliphatic carbocycles. The lowest BCUT2D eigenvalue weighted by atomic mass is 10.1. The van der Waals surface area contributed by atoms with Crippen LogP contribution >= 0.6 is 0 Å². The van der Waals surface area contributed by atoms with Gasteiger partial charge in [-0.1, -0.05) is 42.5 Å². The van der Waals surface area contributed by atoms with E-state index in [1.807, 2.05) is 18.2 Å². The van der Waals surface area contributed by atoms with Crippen LogP contribution in [0.4, 0.5) is 11.4 Å². The number of hydrogen-bond donors (Lipinski definition) is 2. The Bertz CT molecular complexity index is 955. The van der Waals surface area contributed by atoms with Crippen LogP contribution in [0.3, 0.4) is 0 Å². The first-order chi connectivity index (χ1) is 13.6. The molecular weight excluding hydrogens is 350 g/mol. The van der Waals surface area contributed by atoms with Crippen molar-refractivity contribution in [1.82, 2.24) is 4.98 Å². The van der Waals surface area contributed by atoms with Gasteiger partial charge >= 0.3 is 0 Å². The molecule has 0 aliphatic heterocycles. The highest BCUT2D eigenvalue weighted by atomic mass is 16.1. The van der Waals surface area contributed by atoms with Crippen LogP contribution in [0, 0.1) is 0 Å². The number of carbonyl (C=O) groups is 2. The minimum Gasteiger partial charge on any atom is -0.384 e. The summed E-state index contributed by atoms with van der Waals surface area (Å²) in [7, 11) is 0. The first-order valence-corrected chi connectivity index (χ1v) is 9.27. The number of nitrogens with one attached hydrogen (secondary N) is 2. The van der Waals surface area contributed by atoms with E-state index in [-0.39, 0.29) is 11.7 Å². The number of benzene rings is 2. The van der Waals surface area contributed by atoms with Gasteiger partial charge in [0.15, 0.2) is 5.78 Å². The van der Waals surface area contributed by atoms with Crippen molar-refractivity contribution in [3.05, 3.63) is 89.7 Å². The van der Waals surface area contributed by atoms with Crippen LogP contribution < -0.4 is 10.6 Å². The Morgan fingerprint density at radius 1 is 0.893 bits per heavy atom. The van der Waals surface area contributed by atoms with Crippen LogP contribution in [0.25, 0.3) is 0 Å². The first-order valence-electron chi connectivity index (χ1n) is 9.27. The number of aromatic nitrogens is 1. The molecule has 1 heterocycles. The summed E-state index contributed by atoms with van der Waals surface area (Å²) in [5.74, 6) is -0.305. The minimum absolute atomic E-state index is 0.0422. The smallest absolute Gasteiger partial charge is 0.257 e. The zero-order chi connectivity index (χ0) is 19.8. The van der Waals surface area contributed by atoms with Gasteiger partial charge in [-0.25, -0.2) is 0 Å². The SMILES string of the molecule is CC(=O)c1cccc(NC(=O)c2cncc(NCCCc3ccccc3)c2)c1. The van der Waals surface area contributed by atoms with E-state index in [0.717, 1.165) is 25.1 Å². The molecule has 0 bridgehead atoms. The lowest BCUT2D eigenvalue weighted by Crippen LogP contribution is -2.13. The summed E-state index contributed by atoms with van der Waals surface area (Å²) in [6.07, 6.45) is 5.21. The molecule has 0 aliphatic rings. The number of rotatable bonds is 8. The highest BCUT2D eigenvalue weighted by Crippen LogP contribution is 2.14. The lowest BCUT2D eigenvalue weighted by molar-refractivity contribution is 0.101. The second kappa shape index (κ2) is 9.46. The van der Waals surface area contributed by atoms with Gasteiger partial charge in [-0.15, -0.1) is 0 Å². The number of aryl methyl sites for hydroxylation is 1. The van der Waals surface area contributed by atoms with Crippen LogP contribution in [0.1, 0.15) is 39.6 Å². The monoisotopic (exact) mass is 373 g/mol. The predicted molar refractivity (Wildman–Crippen MR) is 112 cm³/mol. The van der Waals surface area contributed by atoms with E-state index in [1.165, 1.54) is 18.7 Å². The van der Waals surface area contributed by atoms with Gasteiger partial charge in [-0.3, -0.25) is 14.6 Å². The van der Waals surface area contributed by atoms with E-state index >= 15 is 0 Å². The molecule has 3 aromatic rings. The van der Waals surface area contributed by atoms with Crippen LogP contribution in [-0.4, -0.2) is 23.2 Å². The van der Waals surface area contributed by atoms with Gasteiger partial charge in [-0.2, -0.15) is 0 Å². The van der Waals surface area contributed by atoms with E-state index in [0.29, 0.717) is 16.8 Å². The summed E-state index contributed by atoms with van der Waals surface area (Å²) in [6, 6.07) is 19.0. The third kappa shape index (κ3) is 5.51. The minimum atomic E-state index is -0.263. The summed E-state index contributed by atoms with van der Waals surface area (Å²) >= 11 is 0. The molecule has 5 heteroatoms. The van der Waals surface area contributed by atoms with E-state index in [2.05, 4.69) is 27.8 Å². The van der Waals surface area contributed by atoms with Crippen molar-refractivity contribution in [3.63, 3.8) is 0 Å². The number of hydrogen-bond acceptors (Lipinski definition) is 4. The molecule has 5 nitrogen and oxygen atoms in total. The summed E-state index contributed by atoms with van der Waals surface area (Å²) in [5, 5.41) is 6.12.